The molecule has 2 amide bonds. The maximum absolute atomic E-state index is 13.3. The van der Waals surface area contributed by atoms with Gasteiger partial charge in [-0.2, -0.15) is 5.10 Å². The number of aliphatic hydroxyl groups is 1. The molecule has 0 radical (unpaired) electrons. The molecule has 0 spiro atoms. The second-order valence-electron chi connectivity index (χ2n) is 8.63. The number of hydrogen-bond donors (Lipinski definition) is 2. The third-order valence-corrected chi connectivity index (χ3v) is 6.67. The Hall–Kier alpha value is -3.26. The molecule has 3 atom stereocenters. The molecule has 2 N–H and O–H groups in total. The summed E-state index contributed by atoms with van der Waals surface area (Å²) >= 11 is 0. The Morgan fingerprint density at radius 3 is 2.72 bits per heavy atom. The number of fused-ring (bicyclic) bond motifs is 1. The van der Waals surface area contributed by atoms with Gasteiger partial charge in [-0.05, 0) is 37.3 Å². The van der Waals surface area contributed by atoms with E-state index in [0.717, 1.165) is 18.4 Å². The van der Waals surface area contributed by atoms with Gasteiger partial charge in [0.2, 0.25) is 5.91 Å². The quantitative estimate of drug-likeness (QED) is 0.599. The largest absolute Gasteiger partial charge is 0.391 e. The van der Waals surface area contributed by atoms with Crippen LogP contribution < -0.4 is 5.32 Å². The molecule has 8 nitrogen and oxygen atoms in total. The molecule has 0 unspecified atom stereocenters. The SMILES string of the molecule is CC(=O)NC[C@]1(c2ccccc2)CC[C@@H](O)[C@H](N(C)C(=O)c2cnn3cccnc23)CC1. The number of nitrogens with zero attached hydrogens (tertiary/aromatic N) is 4. The van der Waals surface area contributed by atoms with Crippen LogP contribution in [0.3, 0.4) is 0 Å². The predicted octanol–water partition coefficient (Wildman–Crippen LogP) is 2.18. The molecule has 0 saturated heterocycles. The molecular formula is C24H29N5O3. The van der Waals surface area contributed by atoms with Gasteiger partial charge in [-0.15, -0.1) is 0 Å². The first-order valence-electron chi connectivity index (χ1n) is 10.9. The zero-order valence-corrected chi connectivity index (χ0v) is 18.4. The molecule has 4 rings (SSSR count). The summed E-state index contributed by atoms with van der Waals surface area (Å²) in [5.74, 6) is -0.286. The topological polar surface area (TPSA) is 99.8 Å². The molecule has 1 aliphatic carbocycles. The third-order valence-electron chi connectivity index (χ3n) is 6.67. The summed E-state index contributed by atoms with van der Waals surface area (Å²) in [4.78, 5) is 30.9. The summed E-state index contributed by atoms with van der Waals surface area (Å²) in [5, 5.41) is 18.2. The fourth-order valence-corrected chi connectivity index (χ4v) is 4.78. The van der Waals surface area contributed by atoms with E-state index in [1.54, 1.807) is 34.9 Å². The van der Waals surface area contributed by atoms with Crippen molar-refractivity contribution in [1.29, 1.82) is 0 Å². The Kier molecular flexibility index (Phi) is 6.23. The molecule has 2 aromatic heterocycles. The highest BCUT2D eigenvalue weighted by molar-refractivity contribution is 5.99. The van der Waals surface area contributed by atoms with Gasteiger partial charge in [0, 0.05) is 38.3 Å². The van der Waals surface area contributed by atoms with Crippen LogP contribution in [0.15, 0.2) is 55.0 Å². The molecule has 1 saturated carbocycles. The number of likely N-dealkylation sites (N-methyl/N-ethyl adjacent to an activating group) is 1. The molecular weight excluding hydrogens is 406 g/mol. The van der Waals surface area contributed by atoms with Crippen molar-refractivity contribution in [2.45, 2.75) is 50.2 Å². The van der Waals surface area contributed by atoms with Crippen molar-refractivity contribution >= 4 is 17.5 Å². The molecule has 2 heterocycles. The summed E-state index contributed by atoms with van der Waals surface area (Å²) in [7, 11) is 1.73. The second-order valence-corrected chi connectivity index (χ2v) is 8.63. The lowest BCUT2D eigenvalue weighted by molar-refractivity contribution is -0.119. The molecule has 0 bridgehead atoms. The van der Waals surface area contributed by atoms with Gasteiger partial charge >= 0.3 is 0 Å². The normalized spacial score (nSPS) is 23.5. The minimum absolute atomic E-state index is 0.0745. The fourth-order valence-electron chi connectivity index (χ4n) is 4.78. The maximum atomic E-state index is 13.3. The highest BCUT2D eigenvalue weighted by Crippen LogP contribution is 2.39. The Balaban J connectivity index is 1.58. The van der Waals surface area contributed by atoms with Gasteiger partial charge in [-0.25, -0.2) is 9.50 Å². The monoisotopic (exact) mass is 435 g/mol. The molecule has 168 valence electrons. The fraction of sp³-hybridized carbons (Fsp3) is 0.417. The van der Waals surface area contributed by atoms with Gasteiger partial charge in [0.25, 0.3) is 5.91 Å². The van der Waals surface area contributed by atoms with E-state index in [0.29, 0.717) is 30.6 Å². The van der Waals surface area contributed by atoms with Gasteiger partial charge in [0.1, 0.15) is 5.56 Å². The maximum Gasteiger partial charge on any atom is 0.259 e. The first kappa shape index (κ1) is 22.0. The molecule has 32 heavy (non-hydrogen) atoms. The van der Waals surface area contributed by atoms with Gasteiger partial charge in [-0.3, -0.25) is 9.59 Å². The highest BCUT2D eigenvalue weighted by atomic mass is 16.3. The van der Waals surface area contributed by atoms with Crippen LogP contribution in [0.4, 0.5) is 0 Å². The van der Waals surface area contributed by atoms with E-state index < -0.39 is 6.10 Å². The molecule has 8 heteroatoms. The first-order valence-corrected chi connectivity index (χ1v) is 10.9. The van der Waals surface area contributed by atoms with E-state index in [9.17, 15) is 14.7 Å². The van der Waals surface area contributed by atoms with Crippen LogP contribution in [-0.4, -0.2) is 62.2 Å². The summed E-state index contributed by atoms with van der Waals surface area (Å²) in [5.41, 5.74) is 1.76. The molecule has 1 aromatic carbocycles. The average molecular weight is 436 g/mol. The number of nitrogens with one attached hydrogen (secondary N) is 1. The van der Waals surface area contributed by atoms with Crippen LogP contribution in [0.2, 0.25) is 0 Å². The standard InChI is InChI=1S/C24H29N5O3/c1-17(30)26-16-24(18-7-4-3-5-8-18)11-9-20(21(31)10-12-24)28(2)23(32)19-15-27-29-14-6-13-25-22(19)29/h3-8,13-15,20-21,31H,9-12,16H2,1-2H3,(H,26,30)/t20-,21-,24-/m1/s1. The van der Waals surface area contributed by atoms with Gasteiger partial charge in [-0.1, -0.05) is 30.3 Å². The minimum atomic E-state index is -0.665. The van der Waals surface area contributed by atoms with Crippen LogP contribution in [0.1, 0.15) is 48.5 Å². The Morgan fingerprint density at radius 2 is 1.97 bits per heavy atom. The van der Waals surface area contributed by atoms with Crippen molar-refractivity contribution < 1.29 is 14.7 Å². The van der Waals surface area contributed by atoms with Crippen LogP contribution in [0.25, 0.3) is 5.65 Å². The van der Waals surface area contributed by atoms with E-state index >= 15 is 0 Å². The summed E-state index contributed by atoms with van der Waals surface area (Å²) < 4.78 is 1.57. The van der Waals surface area contributed by atoms with Crippen LogP contribution >= 0.6 is 0 Å². The average Bonchev–Trinajstić information content (AvgIpc) is 3.16. The van der Waals surface area contributed by atoms with Crippen molar-refractivity contribution in [2.24, 2.45) is 0 Å². The van der Waals surface area contributed by atoms with Crippen LogP contribution in [0, 0.1) is 0 Å². The van der Waals surface area contributed by atoms with E-state index in [1.165, 1.54) is 13.1 Å². The molecule has 0 aliphatic heterocycles. The number of carbonyl (C=O) groups is 2. The number of rotatable bonds is 5. The first-order chi connectivity index (χ1) is 15.4. The Labute approximate surface area is 187 Å². The number of aliphatic hydroxyl groups excluding tert-OH is 1. The number of hydrogen-bond acceptors (Lipinski definition) is 5. The van der Waals surface area contributed by atoms with Crippen molar-refractivity contribution in [3.05, 3.63) is 66.1 Å². The van der Waals surface area contributed by atoms with Crippen molar-refractivity contribution in [2.75, 3.05) is 13.6 Å². The molecule has 1 aliphatic rings. The molecule has 1 fully saturated rings. The minimum Gasteiger partial charge on any atom is -0.391 e. The summed E-state index contributed by atoms with van der Waals surface area (Å²) in [6.45, 7) is 2.02. The van der Waals surface area contributed by atoms with Crippen LogP contribution in [-0.2, 0) is 10.2 Å². The second kappa shape index (κ2) is 9.08. The summed E-state index contributed by atoms with van der Waals surface area (Å²) in [6, 6.07) is 11.5. The van der Waals surface area contributed by atoms with Crippen molar-refractivity contribution in [3.63, 3.8) is 0 Å². The smallest absolute Gasteiger partial charge is 0.259 e. The number of amides is 2. The van der Waals surface area contributed by atoms with E-state index in [4.69, 9.17) is 0 Å². The number of benzene rings is 1. The Morgan fingerprint density at radius 1 is 1.22 bits per heavy atom. The van der Waals surface area contributed by atoms with E-state index in [1.807, 2.05) is 18.2 Å². The highest BCUT2D eigenvalue weighted by Gasteiger charge is 2.40. The zero-order chi connectivity index (χ0) is 22.7. The lowest BCUT2D eigenvalue weighted by atomic mass is 9.74. The van der Waals surface area contributed by atoms with E-state index in [-0.39, 0.29) is 23.3 Å². The van der Waals surface area contributed by atoms with Crippen molar-refractivity contribution in [3.8, 4) is 0 Å². The van der Waals surface area contributed by atoms with E-state index in [2.05, 4.69) is 27.5 Å². The zero-order valence-electron chi connectivity index (χ0n) is 18.4. The van der Waals surface area contributed by atoms with Gasteiger partial charge in [0.15, 0.2) is 5.65 Å². The Bertz CT molecular complexity index is 1100. The van der Waals surface area contributed by atoms with Crippen LogP contribution in [0.5, 0.6) is 0 Å². The lowest BCUT2D eigenvalue weighted by Crippen LogP contribution is -2.44. The lowest BCUT2D eigenvalue weighted by Gasteiger charge is -2.34. The van der Waals surface area contributed by atoms with Crippen molar-refractivity contribution in [1.82, 2.24) is 24.8 Å². The number of aromatic nitrogens is 3. The number of carbonyl (C=O) groups excluding carboxylic acids is 2. The van der Waals surface area contributed by atoms with Gasteiger partial charge in [0.05, 0.1) is 18.3 Å². The predicted molar refractivity (Wildman–Crippen MR) is 120 cm³/mol. The third kappa shape index (κ3) is 4.23. The molecule has 3 aromatic rings. The summed E-state index contributed by atoms with van der Waals surface area (Å²) in [6.07, 6.45) is 6.84. The van der Waals surface area contributed by atoms with Gasteiger partial charge < -0.3 is 15.3 Å².